The van der Waals surface area contributed by atoms with Gasteiger partial charge in [0.25, 0.3) is 5.91 Å². The van der Waals surface area contributed by atoms with E-state index in [0.29, 0.717) is 0 Å². The molecule has 23 heavy (non-hydrogen) atoms. The summed E-state index contributed by atoms with van der Waals surface area (Å²) in [6.45, 7) is 4.04. The minimum atomic E-state index is 0.166. The summed E-state index contributed by atoms with van der Waals surface area (Å²) in [5.74, 6) is 2.95. The van der Waals surface area contributed by atoms with Crippen LogP contribution in [0.15, 0.2) is 24.3 Å². The SMILES string of the molecule is COc1ccc(C(=O)N2CC[NH+]([C@H]3C[C@H]4CC[C@@H]3C4)CC2)cc1. The zero-order valence-electron chi connectivity index (χ0n) is 14.0. The van der Waals surface area contributed by atoms with E-state index in [1.165, 1.54) is 25.7 Å². The maximum atomic E-state index is 12.6. The first-order chi connectivity index (χ1) is 11.2. The number of quaternary nitrogens is 1. The van der Waals surface area contributed by atoms with Crippen LogP contribution >= 0.6 is 0 Å². The Morgan fingerprint density at radius 2 is 1.87 bits per heavy atom. The lowest BCUT2D eigenvalue weighted by atomic mass is 9.93. The van der Waals surface area contributed by atoms with Gasteiger partial charge in [-0.15, -0.1) is 0 Å². The van der Waals surface area contributed by atoms with E-state index in [1.807, 2.05) is 29.2 Å². The summed E-state index contributed by atoms with van der Waals surface area (Å²) in [5.41, 5.74) is 0.772. The number of amides is 1. The molecule has 4 nitrogen and oxygen atoms in total. The fraction of sp³-hybridized carbons (Fsp3) is 0.632. The minimum Gasteiger partial charge on any atom is -0.497 e. The number of fused-ring (bicyclic) bond motifs is 2. The van der Waals surface area contributed by atoms with Gasteiger partial charge in [-0.05, 0) is 49.4 Å². The predicted octanol–water partition coefficient (Wildman–Crippen LogP) is 1.22. The highest BCUT2D eigenvalue weighted by molar-refractivity contribution is 5.94. The lowest BCUT2D eigenvalue weighted by Crippen LogP contribution is -3.18. The van der Waals surface area contributed by atoms with Gasteiger partial charge >= 0.3 is 0 Å². The summed E-state index contributed by atoms with van der Waals surface area (Å²) in [7, 11) is 1.65. The molecule has 4 heteroatoms. The average molecular weight is 315 g/mol. The molecule has 0 spiro atoms. The van der Waals surface area contributed by atoms with Crippen LogP contribution < -0.4 is 9.64 Å². The smallest absolute Gasteiger partial charge is 0.254 e. The van der Waals surface area contributed by atoms with Gasteiger partial charge in [-0.3, -0.25) is 4.79 Å². The second kappa shape index (κ2) is 6.16. The maximum Gasteiger partial charge on any atom is 0.254 e. The largest absolute Gasteiger partial charge is 0.497 e. The quantitative estimate of drug-likeness (QED) is 0.910. The van der Waals surface area contributed by atoms with Crippen LogP contribution in [0.1, 0.15) is 36.0 Å². The molecule has 1 heterocycles. The Morgan fingerprint density at radius 1 is 1.13 bits per heavy atom. The first kappa shape index (κ1) is 15.0. The molecular weight excluding hydrogens is 288 g/mol. The summed E-state index contributed by atoms with van der Waals surface area (Å²) in [4.78, 5) is 16.4. The molecule has 2 aliphatic carbocycles. The van der Waals surface area contributed by atoms with Crippen molar-refractivity contribution in [1.82, 2.24) is 4.90 Å². The third kappa shape index (κ3) is 2.85. The number of methoxy groups -OCH3 is 1. The molecule has 2 saturated carbocycles. The van der Waals surface area contributed by atoms with E-state index in [4.69, 9.17) is 4.74 Å². The van der Waals surface area contributed by atoms with Crippen molar-refractivity contribution in [2.45, 2.75) is 31.7 Å². The molecule has 124 valence electrons. The number of piperazine rings is 1. The number of hydrogen-bond donors (Lipinski definition) is 1. The Kier molecular flexibility index (Phi) is 4.02. The molecule has 3 fully saturated rings. The molecule has 2 bridgehead atoms. The second-order valence-electron chi connectivity index (χ2n) is 7.46. The fourth-order valence-corrected chi connectivity index (χ4v) is 5.03. The molecule has 1 saturated heterocycles. The second-order valence-corrected chi connectivity index (χ2v) is 7.46. The van der Waals surface area contributed by atoms with Gasteiger partial charge in [-0.2, -0.15) is 0 Å². The molecule has 4 rings (SSSR count). The van der Waals surface area contributed by atoms with E-state index < -0.39 is 0 Å². The average Bonchev–Trinajstić information content (AvgIpc) is 3.25. The highest BCUT2D eigenvalue weighted by Crippen LogP contribution is 2.43. The standard InChI is InChI=1S/C19H26N2O2/c1-23-17-6-4-15(5-7-17)19(22)21-10-8-20(9-11-21)18-13-14-2-3-16(18)12-14/h4-7,14,16,18H,2-3,8-13H2,1H3/p+1/t14-,16+,18-/m0/s1. The topological polar surface area (TPSA) is 34.0 Å². The van der Waals surface area contributed by atoms with Crippen LogP contribution in [0, 0.1) is 11.8 Å². The van der Waals surface area contributed by atoms with Crippen molar-refractivity contribution >= 4 is 5.91 Å². The van der Waals surface area contributed by atoms with Gasteiger partial charge in [0, 0.05) is 17.9 Å². The molecule has 1 amide bonds. The van der Waals surface area contributed by atoms with Crippen LogP contribution in [0.4, 0.5) is 0 Å². The predicted molar refractivity (Wildman–Crippen MR) is 88.8 cm³/mol. The molecule has 3 atom stereocenters. The van der Waals surface area contributed by atoms with Gasteiger partial charge in [0.15, 0.2) is 0 Å². The highest BCUT2D eigenvalue weighted by atomic mass is 16.5. The Hall–Kier alpha value is -1.55. The molecule has 0 aromatic heterocycles. The number of carbonyl (C=O) groups excluding carboxylic acids is 1. The lowest BCUT2D eigenvalue weighted by molar-refractivity contribution is -0.932. The van der Waals surface area contributed by atoms with Crippen LogP contribution in [-0.2, 0) is 0 Å². The third-order valence-electron chi connectivity index (χ3n) is 6.29. The van der Waals surface area contributed by atoms with Gasteiger partial charge in [0.2, 0.25) is 0 Å². The fourth-order valence-electron chi connectivity index (χ4n) is 5.03. The summed E-state index contributed by atoms with van der Waals surface area (Å²) < 4.78 is 5.16. The van der Waals surface area contributed by atoms with E-state index in [9.17, 15) is 4.79 Å². The van der Waals surface area contributed by atoms with Crippen LogP contribution in [0.2, 0.25) is 0 Å². The van der Waals surface area contributed by atoms with Crippen LogP contribution in [0.3, 0.4) is 0 Å². The molecular formula is C19H27N2O2+. The van der Waals surface area contributed by atoms with Crippen LogP contribution in [0.5, 0.6) is 5.75 Å². The molecule has 3 aliphatic rings. The summed E-state index contributed by atoms with van der Waals surface area (Å²) in [6, 6.07) is 8.35. The molecule has 1 aromatic rings. The maximum absolute atomic E-state index is 12.6. The monoisotopic (exact) mass is 315 g/mol. The summed E-state index contributed by atoms with van der Waals surface area (Å²) in [5, 5.41) is 0. The Balaban J connectivity index is 1.34. The molecule has 0 radical (unpaired) electrons. The van der Waals surface area contributed by atoms with Crippen molar-refractivity contribution in [3.8, 4) is 5.75 Å². The van der Waals surface area contributed by atoms with Crippen LogP contribution in [-0.4, -0.2) is 50.1 Å². The van der Waals surface area contributed by atoms with Crippen molar-refractivity contribution in [1.29, 1.82) is 0 Å². The first-order valence-corrected chi connectivity index (χ1v) is 9.02. The minimum absolute atomic E-state index is 0.166. The Labute approximate surface area is 138 Å². The van der Waals surface area contributed by atoms with Gasteiger partial charge in [0.05, 0.1) is 39.3 Å². The molecule has 1 N–H and O–H groups in total. The Bertz CT molecular complexity index is 563. The first-order valence-electron chi connectivity index (χ1n) is 9.02. The van der Waals surface area contributed by atoms with Crippen molar-refractivity contribution in [2.24, 2.45) is 11.8 Å². The highest BCUT2D eigenvalue weighted by Gasteiger charge is 2.45. The van der Waals surface area contributed by atoms with Crippen molar-refractivity contribution in [2.75, 3.05) is 33.3 Å². The van der Waals surface area contributed by atoms with Crippen molar-refractivity contribution < 1.29 is 14.4 Å². The van der Waals surface area contributed by atoms with E-state index in [-0.39, 0.29) is 5.91 Å². The Morgan fingerprint density at radius 3 is 2.43 bits per heavy atom. The van der Waals surface area contributed by atoms with E-state index in [2.05, 4.69) is 0 Å². The molecule has 1 aliphatic heterocycles. The number of rotatable bonds is 3. The number of benzene rings is 1. The summed E-state index contributed by atoms with van der Waals surface area (Å²) >= 11 is 0. The zero-order valence-corrected chi connectivity index (χ0v) is 14.0. The lowest BCUT2D eigenvalue weighted by Gasteiger charge is -2.38. The van der Waals surface area contributed by atoms with Crippen LogP contribution in [0.25, 0.3) is 0 Å². The van der Waals surface area contributed by atoms with Gasteiger partial charge in [-0.1, -0.05) is 0 Å². The van der Waals surface area contributed by atoms with Gasteiger partial charge in [-0.25, -0.2) is 0 Å². The summed E-state index contributed by atoms with van der Waals surface area (Å²) in [6.07, 6.45) is 5.83. The number of nitrogens with zero attached hydrogens (tertiary/aromatic N) is 1. The van der Waals surface area contributed by atoms with Gasteiger partial charge in [0.1, 0.15) is 5.75 Å². The molecule has 1 aromatic carbocycles. The normalized spacial score (nSPS) is 30.7. The third-order valence-corrected chi connectivity index (χ3v) is 6.29. The number of nitrogens with one attached hydrogen (secondary N) is 1. The van der Waals surface area contributed by atoms with Crippen molar-refractivity contribution in [3.63, 3.8) is 0 Å². The van der Waals surface area contributed by atoms with E-state index in [1.54, 1.807) is 12.0 Å². The number of carbonyl (C=O) groups is 1. The van der Waals surface area contributed by atoms with E-state index >= 15 is 0 Å². The van der Waals surface area contributed by atoms with Gasteiger partial charge < -0.3 is 14.5 Å². The number of ether oxygens (including phenoxy) is 1. The molecule has 0 unspecified atom stereocenters. The van der Waals surface area contributed by atoms with E-state index in [0.717, 1.165) is 55.4 Å². The zero-order chi connectivity index (χ0) is 15.8. The number of hydrogen-bond acceptors (Lipinski definition) is 2. The van der Waals surface area contributed by atoms with Crippen molar-refractivity contribution in [3.05, 3.63) is 29.8 Å².